The van der Waals surface area contributed by atoms with Crippen LogP contribution in [-0.2, 0) is 4.74 Å². The average molecular weight is 263 g/mol. The van der Waals surface area contributed by atoms with E-state index in [0.29, 0.717) is 17.3 Å². The summed E-state index contributed by atoms with van der Waals surface area (Å²) >= 11 is 1.36. The van der Waals surface area contributed by atoms with Gasteiger partial charge in [0.05, 0.1) is 23.5 Å². The second kappa shape index (κ2) is 5.59. The molecular formula is C12H13N3O2S. The molecule has 0 fully saturated rings. The van der Waals surface area contributed by atoms with Gasteiger partial charge in [-0.2, -0.15) is 0 Å². The molecule has 0 aliphatic carbocycles. The SMILES string of the molecule is CCOC(=O)c1ncsc1Nc1cccnc1C. The van der Waals surface area contributed by atoms with Gasteiger partial charge in [0.1, 0.15) is 5.00 Å². The Morgan fingerprint density at radius 1 is 1.50 bits per heavy atom. The highest BCUT2D eigenvalue weighted by Gasteiger charge is 2.16. The molecule has 6 heteroatoms. The first kappa shape index (κ1) is 12.5. The molecule has 1 N–H and O–H groups in total. The molecule has 0 saturated heterocycles. The predicted molar refractivity (Wildman–Crippen MR) is 70.3 cm³/mol. The second-order valence-corrected chi connectivity index (χ2v) is 4.37. The molecule has 2 rings (SSSR count). The van der Waals surface area contributed by atoms with E-state index < -0.39 is 5.97 Å². The molecule has 5 nitrogen and oxygen atoms in total. The van der Waals surface area contributed by atoms with Gasteiger partial charge in [-0.25, -0.2) is 9.78 Å². The Kier molecular flexibility index (Phi) is 3.88. The Bertz CT molecular complexity index is 554. The van der Waals surface area contributed by atoms with Crippen LogP contribution in [0.25, 0.3) is 0 Å². The van der Waals surface area contributed by atoms with Crippen LogP contribution < -0.4 is 5.32 Å². The van der Waals surface area contributed by atoms with Crippen molar-refractivity contribution < 1.29 is 9.53 Å². The van der Waals surface area contributed by atoms with Crippen molar-refractivity contribution in [3.05, 3.63) is 35.2 Å². The lowest BCUT2D eigenvalue weighted by Gasteiger charge is -2.07. The molecule has 0 aromatic carbocycles. The average Bonchev–Trinajstić information content (AvgIpc) is 2.81. The Morgan fingerprint density at radius 2 is 2.33 bits per heavy atom. The van der Waals surface area contributed by atoms with Crippen molar-refractivity contribution in [1.82, 2.24) is 9.97 Å². The molecule has 2 aromatic rings. The predicted octanol–water partition coefficient (Wildman–Crippen LogP) is 2.77. The first-order chi connectivity index (χ1) is 8.72. The van der Waals surface area contributed by atoms with Crippen LogP contribution in [0.15, 0.2) is 23.8 Å². The minimum Gasteiger partial charge on any atom is -0.461 e. The zero-order valence-electron chi connectivity index (χ0n) is 10.1. The van der Waals surface area contributed by atoms with Gasteiger partial charge in [0.15, 0.2) is 5.69 Å². The van der Waals surface area contributed by atoms with E-state index in [0.717, 1.165) is 11.4 Å². The Labute approximate surface area is 109 Å². The van der Waals surface area contributed by atoms with Gasteiger partial charge in [0, 0.05) is 6.20 Å². The summed E-state index contributed by atoms with van der Waals surface area (Å²) in [6.07, 6.45) is 1.72. The third-order valence-corrected chi connectivity index (χ3v) is 3.03. The molecule has 0 atom stereocenters. The van der Waals surface area contributed by atoms with E-state index in [2.05, 4.69) is 15.3 Å². The quantitative estimate of drug-likeness (QED) is 0.859. The number of aryl methyl sites for hydroxylation is 1. The molecule has 18 heavy (non-hydrogen) atoms. The first-order valence-corrected chi connectivity index (χ1v) is 6.39. The number of anilines is 2. The summed E-state index contributed by atoms with van der Waals surface area (Å²) in [5, 5.41) is 3.82. The summed E-state index contributed by atoms with van der Waals surface area (Å²) < 4.78 is 4.94. The fraction of sp³-hybridized carbons (Fsp3) is 0.250. The zero-order valence-corrected chi connectivity index (χ0v) is 11.0. The molecule has 0 spiro atoms. The van der Waals surface area contributed by atoms with E-state index in [4.69, 9.17) is 4.74 Å². The molecule has 0 bridgehead atoms. The lowest BCUT2D eigenvalue weighted by atomic mass is 10.3. The van der Waals surface area contributed by atoms with Crippen LogP contribution in [-0.4, -0.2) is 22.5 Å². The van der Waals surface area contributed by atoms with Crippen molar-refractivity contribution in [2.45, 2.75) is 13.8 Å². The monoisotopic (exact) mass is 263 g/mol. The number of ether oxygens (including phenoxy) is 1. The lowest BCUT2D eigenvalue weighted by molar-refractivity contribution is 0.0521. The van der Waals surface area contributed by atoms with Crippen molar-refractivity contribution >= 4 is 28.0 Å². The van der Waals surface area contributed by atoms with E-state index in [9.17, 15) is 4.79 Å². The number of nitrogens with zero attached hydrogens (tertiary/aromatic N) is 2. The van der Waals surface area contributed by atoms with Gasteiger partial charge in [-0.3, -0.25) is 4.98 Å². The fourth-order valence-electron chi connectivity index (χ4n) is 1.42. The third-order valence-electron chi connectivity index (χ3n) is 2.29. The van der Waals surface area contributed by atoms with Crippen molar-refractivity contribution in [3.8, 4) is 0 Å². The molecule has 0 aliphatic heterocycles. The van der Waals surface area contributed by atoms with E-state index >= 15 is 0 Å². The maximum atomic E-state index is 11.7. The minimum atomic E-state index is -0.414. The number of esters is 1. The second-order valence-electron chi connectivity index (χ2n) is 3.51. The van der Waals surface area contributed by atoms with Crippen molar-refractivity contribution in [1.29, 1.82) is 0 Å². The van der Waals surface area contributed by atoms with Gasteiger partial charge in [-0.15, -0.1) is 11.3 Å². The van der Waals surface area contributed by atoms with Crippen LogP contribution in [0, 0.1) is 6.92 Å². The largest absolute Gasteiger partial charge is 0.461 e. The molecule has 2 aromatic heterocycles. The van der Waals surface area contributed by atoms with Gasteiger partial charge in [-0.05, 0) is 26.0 Å². The Hall–Kier alpha value is -1.95. The van der Waals surface area contributed by atoms with Crippen molar-refractivity contribution in [2.24, 2.45) is 0 Å². The summed E-state index contributed by atoms with van der Waals surface area (Å²) in [6.45, 7) is 4.00. The van der Waals surface area contributed by atoms with Gasteiger partial charge in [0.25, 0.3) is 0 Å². The van der Waals surface area contributed by atoms with Gasteiger partial charge >= 0.3 is 5.97 Å². The summed E-state index contributed by atoms with van der Waals surface area (Å²) in [6, 6.07) is 3.73. The molecule has 94 valence electrons. The van der Waals surface area contributed by atoms with Crippen molar-refractivity contribution in [3.63, 3.8) is 0 Å². The number of hydrogen-bond acceptors (Lipinski definition) is 6. The Morgan fingerprint density at radius 3 is 3.06 bits per heavy atom. The summed E-state index contributed by atoms with van der Waals surface area (Å²) in [4.78, 5) is 19.9. The Balaban J connectivity index is 2.23. The number of hydrogen-bond donors (Lipinski definition) is 1. The highest BCUT2D eigenvalue weighted by molar-refractivity contribution is 7.14. The highest BCUT2D eigenvalue weighted by atomic mass is 32.1. The number of aromatic nitrogens is 2. The molecule has 0 radical (unpaired) electrons. The van der Waals surface area contributed by atoms with E-state index in [1.165, 1.54) is 11.3 Å². The summed E-state index contributed by atoms with van der Waals surface area (Å²) in [5.74, 6) is -0.414. The molecular weight excluding hydrogens is 250 g/mol. The number of thiazole rings is 1. The van der Waals surface area contributed by atoms with E-state index in [-0.39, 0.29) is 0 Å². The molecule has 0 saturated carbocycles. The summed E-state index contributed by atoms with van der Waals surface area (Å²) in [5.41, 5.74) is 3.64. The smallest absolute Gasteiger partial charge is 0.360 e. The maximum absolute atomic E-state index is 11.7. The zero-order chi connectivity index (χ0) is 13.0. The molecule has 0 amide bonds. The fourth-order valence-corrected chi connectivity index (χ4v) is 2.10. The van der Waals surface area contributed by atoms with Gasteiger partial charge in [0.2, 0.25) is 0 Å². The molecule has 2 heterocycles. The van der Waals surface area contributed by atoms with Gasteiger partial charge < -0.3 is 10.1 Å². The molecule has 0 aliphatic rings. The van der Waals surface area contributed by atoms with Gasteiger partial charge in [-0.1, -0.05) is 0 Å². The number of carbonyl (C=O) groups excluding carboxylic acids is 1. The van der Waals surface area contributed by atoms with E-state index in [1.54, 1.807) is 18.6 Å². The van der Waals surface area contributed by atoms with Crippen LogP contribution in [0.4, 0.5) is 10.7 Å². The number of rotatable bonds is 4. The van der Waals surface area contributed by atoms with Crippen LogP contribution in [0.1, 0.15) is 23.1 Å². The van der Waals surface area contributed by atoms with Crippen LogP contribution in [0.5, 0.6) is 0 Å². The minimum absolute atomic E-state index is 0.310. The first-order valence-electron chi connectivity index (χ1n) is 5.51. The lowest BCUT2D eigenvalue weighted by Crippen LogP contribution is -2.07. The van der Waals surface area contributed by atoms with Crippen LogP contribution >= 0.6 is 11.3 Å². The number of nitrogens with one attached hydrogen (secondary N) is 1. The normalized spacial score (nSPS) is 10.1. The number of pyridine rings is 1. The standard InChI is InChI=1S/C12H13N3O2S/c1-3-17-12(16)10-11(18-7-14-10)15-9-5-4-6-13-8(9)2/h4-7,15H,3H2,1-2H3. The highest BCUT2D eigenvalue weighted by Crippen LogP contribution is 2.26. The molecule has 0 unspecified atom stereocenters. The third kappa shape index (κ3) is 2.65. The topological polar surface area (TPSA) is 64.1 Å². The summed E-state index contributed by atoms with van der Waals surface area (Å²) in [7, 11) is 0. The van der Waals surface area contributed by atoms with Crippen molar-refractivity contribution in [2.75, 3.05) is 11.9 Å². The van der Waals surface area contributed by atoms with Crippen LogP contribution in [0.2, 0.25) is 0 Å². The van der Waals surface area contributed by atoms with E-state index in [1.807, 2.05) is 19.1 Å². The number of carbonyl (C=O) groups is 1. The van der Waals surface area contributed by atoms with Crippen LogP contribution in [0.3, 0.4) is 0 Å². The maximum Gasteiger partial charge on any atom is 0.360 e.